The van der Waals surface area contributed by atoms with Gasteiger partial charge in [0.15, 0.2) is 0 Å². The van der Waals surface area contributed by atoms with Gasteiger partial charge in [-0.1, -0.05) is 82.9 Å². The predicted octanol–water partition coefficient (Wildman–Crippen LogP) is 11.4. The highest BCUT2D eigenvalue weighted by Gasteiger charge is 2.59. The molecule has 2 unspecified atom stereocenters. The molecule has 0 saturated heterocycles. The summed E-state index contributed by atoms with van der Waals surface area (Å²) in [7, 11) is 3.97. The molecule has 4 aliphatic rings. The standard InChI is InChI=1S/C34H53NS2.2H2/c1-7-25(23(2)3)12-11-24(4)29-15-16-30-28-14-13-26-22-27(36-37-32-10-8-9-21-35-32)17-19-33(26,5)31(28)18-20-34(29,30)6;;/h8-10,13,21,23-25,27-31H,7,11-12,14-20,22H2,1-6H3;2*1H/t24-,25-,27+,28+,29-,30?,31?,33+,34-;;/m1../s1. The minimum absolute atomic E-state index is 0. The zero-order valence-corrected chi connectivity index (χ0v) is 26.2. The van der Waals surface area contributed by atoms with Gasteiger partial charge in [-0.05, 0) is 133 Å². The lowest BCUT2D eigenvalue weighted by atomic mass is 9.47. The van der Waals surface area contributed by atoms with Crippen LogP contribution in [-0.4, -0.2) is 10.2 Å². The molecule has 210 valence electrons. The Kier molecular flexibility index (Phi) is 8.82. The summed E-state index contributed by atoms with van der Waals surface area (Å²) in [6.07, 6.45) is 20.4. The van der Waals surface area contributed by atoms with E-state index in [0.29, 0.717) is 10.8 Å². The Morgan fingerprint density at radius 2 is 1.86 bits per heavy atom. The lowest BCUT2D eigenvalue weighted by Crippen LogP contribution is -2.50. The maximum Gasteiger partial charge on any atom is 0.106 e. The molecule has 0 N–H and O–H groups in total. The van der Waals surface area contributed by atoms with Crippen LogP contribution in [0.1, 0.15) is 115 Å². The van der Waals surface area contributed by atoms with Crippen LogP contribution in [0.25, 0.3) is 0 Å². The number of aromatic nitrogens is 1. The first kappa shape index (κ1) is 28.1. The summed E-state index contributed by atoms with van der Waals surface area (Å²) in [5, 5.41) is 1.90. The minimum Gasteiger partial charge on any atom is -0.249 e. The van der Waals surface area contributed by atoms with Gasteiger partial charge in [0.2, 0.25) is 0 Å². The topological polar surface area (TPSA) is 12.9 Å². The lowest BCUT2D eigenvalue weighted by molar-refractivity contribution is -0.0500. The maximum atomic E-state index is 4.53. The van der Waals surface area contributed by atoms with Crippen molar-refractivity contribution in [2.24, 2.45) is 52.3 Å². The van der Waals surface area contributed by atoms with Crippen molar-refractivity contribution in [1.82, 2.24) is 4.98 Å². The van der Waals surface area contributed by atoms with E-state index in [1.165, 1.54) is 70.6 Å². The van der Waals surface area contributed by atoms with Crippen molar-refractivity contribution in [3.05, 3.63) is 36.0 Å². The van der Waals surface area contributed by atoms with Gasteiger partial charge >= 0.3 is 0 Å². The molecule has 0 spiro atoms. The van der Waals surface area contributed by atoms with E-state index in [1.54, 1.807) is 0 Å². The van der Waals surface area contributed by atoms with E-state index in [1.807, 2.05) is 28.6 Å². The van der Waals surface area contributed by atoms with Crippen LogP contribution >= 0.6 is 21.6 Å². The normalized spacial score (nSPS) is 38.9. The molecule has 0 aliphatic heterocycles. The second-order valence-electron chi connectivity index (χ2n) is 14.2. The zero-order valence-electron chi connectivity index (χ0n) is 24.5. The molecule has 37 heavy (non-hydrogen) atoms. The molecule has 4 aliphatic carbocycles. The van der Waals surface area contributed by atoms with E-state index in [9.17, 15) is 0 Å². The van der Waals surface area contributed by atoms with Crippen LogP contribution in [0.5, 0.6) is 0 Å². The second kappa shape index (κ2) is 11.6. The van der Waals surface area contributed by atoms with Crippen molar-refractivity contribution in [3.63, 3.8) is 0 Å². The van der Waals surface area contributed by atoms with E-state index in [-0.39, 0.29) is 2.85 Å². The lowest BCUT2D eigenvalue weighted by Gasteiger charge is -2.58. The van der Waals surface area contributed by atoms with Crippen molar-refractivity contribution in [2.75, 3.05) is 0 Å². The monoisotopic (exact) mass is 543 g/mol. The minimum atomic E-state index is 0. The van der Waals surface area contributed by atoms with E-state index in [2.05, 4.69) is 75.5 Å². The van der Waals surface area contributed by atoms with Gasteiger partial charge < -0.3 is 0 Å². The number of hydrogen-bond donors (Lipinski definition) is 0. The van der Waals surface area contributed by atoms with E-state index in [0.717, 1.165) is 51.7 Å². The fraction of sp³-hybridized carbons (Fsp3) is 0.794. The molecule has 3 heteroatoms. The van der Waals surface area contributed by atoms with Gasteiger partial charge in [0.25, 0.3) is 0 Å². The summed E-state index contributed by atoms with van der Waals surface area (Å²) in [6, 6.07) is 6.27. The summed E-state index contributed by atoms with van der Waals surface area (Å²) in [4.78, 5) is 4.53. The Morgan fingerprint density at radius 3 is 2.59 bits per heavy atom. The van der Waals surface area contributed by atoms with E-state index < -0.39 is 0 Å². The molecule has 1 aromatic rings. The maximum absolute atomic E-state index is 4.53. The van der Waals surface area contributed by atoms with Crippen LogP contribution in [0.3, 0.4) is 0 Å². The summed E-state index contributed by atoms with van der Waals surface area (Å²) in [5.41, 5.74) is 2.88. The molecular formula is C34H57NS2. The highest BCUT2D eigenvalue weighted by molar-refractivity contribution is 8.76. The van der Waals surface area contributed by atoms with Crippen molar-refractivity contribution in [2.45, 2.75) is 122 Å². The number of pyridine rings is 1. The Balaban J connectivity index is 0.00000210. The molecule has 5 rings (SSSR count). The highest BCUT2D eigenvalue weighted by atomic mass is 33.1. The van der Waals surface area contributed by atoms with Crippen LogP contribution < -0.4 is 0 Å². The molecule has 0 bridgehead atoms. The molecule has 3 fully saturated rings. The summed E-state index contributed by atoms with van der Waals surface area (Å²) >= 11 is 0. The van der Waals surface area contributed by atoms with Crippen LogP contribution in [0.15, 0.2) is 41.1 Å². The largest absolute Gasteiger partial charge is 0.249 e. The summed E-state index contributed by atoms with van der Waals surface area (Å²) in [6.45, 7) is 15.3. The zero-order chi connectivity index (χ0) is 26.2. The molecular weight excluding hydrogens is 487 g/mol. The molecule has 1 heterocycles. The first-order valence-electron chi connectivity index (χ1n) is 15.7. The third kappa shape index (κ3) is 5.48. The molecule has 0 amide bonds. The molecule has 9 atom stereocenters. The van der Waals surface area contributed by atoms with Gasteiger partial charge in [0.1, 0.15) is 5.03 Å². The molecule has 1 nitrogen and oxygen atoms in total. The Hall–Kier alpha value is -0.410. The fourth-order valence-corrected chi connectivity index (χ4v) is 12.3. The third-order valence-corrected chi connectivity index (χ3v) is 15.0. The molecule has 0 aromatic carbocycles. The summed E-state index contributed by atoms with van der Waals surface area (Å²) in [5.74, 6) is 6.44. The smallest absolute Gasteiger partial charge is 0.106 e. The first-order valence-corrected chi connectivity index (χ1v) is 17.9. The predicted molar refractivity (Wildman–Crippen MR) is 168 cm³/mol. The van der Waals surface area contributed by atoms with E-state index in [4.69, 9.17) is 0 Å². The fourth-order valence-electron chi connectivity index (χ4n) is 9.89. The van der Waals surface area contributed by atoms with Gasteiger partial charge in [0, 0.05) is 14.3 Å². The quantitative estimate of drug-likeness (QED) is 0.227. The van der Waals surface area contributed by atoms with Gasteiger partial charge in [-0.2, -0.15) is 0 Å². The Morgan fingerprint density at radius 1 is 1.03 bits per heavy atom. The van der Waals surface area contributed by atoms with Gasteiger partial charge in [-0.3, -0.25) is 0 Å². The van der Waals surface area contributed by atoms with Gasteiger partial charge in [0.05, 0.1) is 0 Å². The van der Waals surface area contributed by atoms with Crippen molar-refractivity contribution in [3.8, 4) is 0 Å². The molecule has 3 saturated carbocycles. The average molecular weight is 544 g/mol. The van der Waals surface area contributed by atoms with Gasteiger partial charge in [-0.25, -0.2) is 4.98 Å². The molecule has 0 radical (unpaired) electrons. The van der Waals surface area contributed by atoms with Crippen LogP contribution in [0, 0.1) is 52.3 Å². The third-order valence-electron chi connectivity index (χ3n) is 12.2. The SMILES string of the molecule is CC[C@H](CC[C@@H](C)[C@H]1CCC2[C@@H]3CC=C4C[C@@H](SSc5ccccn5)CC[C@]4(C)C3CC[C@@]21C)C(C)C.[HH].[HH]. The molecule has 1 aromatic heterocycles. The number of allylic oxidation sites excluding steroid dienone is 2. The summed E-state index contributed by atoms with van der Waals surface area (Å²) < 4.78 is 0. The Bertz CT molecular complexity index is 938. The Labute approximate surface area is 239 Å². The number of fused-ring (bicyclic) bond motifs is 5. The average Bonchev–Trinajstić information content (AvgIpc) is 3.25. The van der Waals surface area contributed by atoms with Crippen LogP contribution in [0.4, 0.5) is 0 Å². The van der Waals surface area contributed by atoms with Crippen LogP contribution in [0.2, 0.25) is 0 Å². The van der Waals surface area contributed by atoms with Crippen molar-refractivity contribution in [1.29, 1.82) is 0 Å². The van der Waals surface area contributed by atoms with Crippen molar-refractivity contribution < 1.29 is 2.85 Å². The second-order valence-corrected chi connectivity index (χ2v) is 16.7. The van der Waals surface area contributed by atoms with Gasteiger partial charge in [-0.15, -0.1) is 0 Å². The van der Waals surface area contributed by atoms with Crippen molar-refractivity contribution >= 4 is 21.6 Å². The number of rotatable bonds is 9. The number of hydrogen-bond acceptors (Lipinski definition) is 3. The number of nitrogens with zero attached hydrogens (tertiary/aromatic N) is 1. The first-order chi connectivity index (χ1) is 17.8. The van der Waals surface area contributed by atoms with E-state index >= 15 is 0 Å². The van der Waals surface area contributed by atoms with Crippen LogP contribution in [-0.2, 0) is 0 Å². The highest BCUT2D eigenvalue weighted by Crippen LogP contribution is 2.67.